The first-order valence-corrected chi connectivity index (χ1v) is 5.26. The molecule has 0 fully saturated rings. The second kappa shape index (κ2) is 6.48. The molecule has 92 valence electrons. The molecular formula is C6H8F5NaO3S. The Kier molecular flexibility index (Phi) is 7.66. The van der Waals surface area contributed by atoms with Gasteiger partial charge in [0.1, 0.15) is 0 Å². The van der Waals surface area contributed by atoms with Crippen LogP contribution in [0.3, 0.4) is 0 Å². The van der Waals surface area contributed by atoms with Crippen LogP contribution in [0.25, 0.3) is 0 Å². The summed E-state index contributed by atoms with van der Waals surface area (Å²) in [4.78, 5) is 0. The van der Waals surface area contributed by atoms with E-state index in [1.165, 1.54) is 0 Å². The van der Waals surface area contributed by atoms with Gasteiger partial charge in [-0.15, -0.1) is 0 Å². The molecule has 0 N–H and O–H groups in total. The van der Waals surface area contributed by atoms with Crippen LogP contribution in [0.2, 0.25) is 0 Å². The molecule has 0 aromatic rings. The molecule has 0 heterocycles. The monoisotopic (exact) mass is 278 g/mol. The van der Waals surface area contributed by atoms with Crippen LogP contribution < -0.4 is 29.6 Å². The normalized spacial score (nSPS) is 13.4. The maximum Gasteiger partial charge on any atom is 1.00 e. The van der Waals surface area contributed by atoms with E-state index in [4.69, 9.17) is 0 Å². The fourth-order valence-corrected chi connectivity index (χ4v) is 1.18. The summed E-state index contributed by atoms with van der Waals surface area (Å²) in [7, 11) is -5.78. The van der Waals surface area contributed by atoms with E-state index in [1.807, 2.05) is 0 Å². The summed E-state index contributed by atoms with van der Waals surface area (Å²) < 4.78 is 89.1. The molecule has 0 rings (SSSR count). The number of hydrogen-bond donors (Lipinski definition) is 0. The number of hydrogen-bond acceptors (Lipinski definition) is 3. The molecule has 0 spiro atoms. The van der Waals surface area contributed by atoms with Crippen molar-refractivity contribution in [3.05, 3.63) is 0 Å². The third-order valence-electron chi connectivity index (χ3n) is 1.54. The Morgan fingerprint density at radius 3 is 1.62 bits per heavy atom. The van der Waals surface area contributed by atoms with Crippen LogP contribution in [0, 0.1) is 0 Å². The van der Waals surface area contributed by atoms with Gasteiger partial charge in [0.2, 0.25) is 0 Å². The quantitative estimate of drug-likeness (QED) is 0.288. The molecule has 0 aliphatic carbocycles. The number of alkyl halides is 5. The second-order valence-corrected chi connectivity index (χ2v) is 4.42. The van der Waals surface area contributed by atoms with Crippen molar-refractivity contribution >= 4 is 10.1 Å². The van der Waals surface area contributed by atoms with Crippen molar-refractivity contribution in [2.24, 2.45) is 0 Å². The van der Waals surface area contributed by atoms with Crippen molar-refractivity contribution < 1.29 is 64.5 Å². The van der Waals surface area contributed by atoms with Gasteiger partial charge < -0.3 is 4.55 Å². The van der Waals surface area contributed by atoms with Gasteiger partial charge in [-0.1, -0.05) is 0 Å². The predicted molar refractivity (Wildman–Crippen MR) is 39.2 cm³/mol. The Labute approximate surface area is 111 Å². The van der Waals surface area contributed by atoms with E-state index in [9.17, 15) is 34.9 Å². The van der Waals surface area contributed by atoms with Crippen LogP contribution in [-0.2, 0) is 10.1 Å². The maximum atomic E-state index is 12.4. The third kappa shape index (κ3) is 7.77. The van der Waals surface area contributed by atoms with Crippen LogP contribution in [-0.4, -0.2) is 24.4 Å². The molecule has 0 radical (unpaired) electrons. The summed E-state index contributed by atoms with van der Waals surface area (Å²) in [6, 6.07) is 0. The van der Waals surface area contributed by atoms with Gasteiger partial charge in [0.05, 0.1) is 0 Å². The number of unbranched alkanes of at least 4 members (excludes halogenated alkanes) is 1. The molecule has 0 atom stereocenters. The zero-order valence-corrected chi connectivity index (χ0v) is 11.2. The molecule has 0 saturated carbocycles. The van der Waals surface area contributed by atoms with Gasteiger partial charge in [-0.25, -0.2) is 8.42 Å². The standard InChI is InChI=1S/C6H9F5O3S.Na/c7-5(8,9)3-1-2-4-6(10,11)15(12,13)14;/h1-4H2,(H,12,13,14);/q;+1/p-1. The number of halogens is 5. The zero-order chi connectivity index (χ0) is 12.3. The zero-order valence-electron chi connectivity index (χ0n) is 8.35. The van der Waals surface area contributed by atoms with Gasteiger partial charge in [0.15, 0.2) is 10.1 Å². The van der Waals surface area contributed by atoms with Gasteiger partial charge in [-0.05, 0) is 12.8 Å². The molecule has 16 heavy (non-hydrogen) atoms. The molecule has 3 nitrogen and oxygen atoms in total. The van der Waals surface area contributed by atoms with Gasteiger partial charge in [-0.2, -0.15) is 22.0 Å². The van der Waals surface area contributed by atoms with Crippen LogP contribution in [0.15, 0.2) is 0 Å². The molecule has 0 aromatic carbocycles. The molecule has 0 aliphatic rings. The van der Waals surface area contributed by atoms with E-state index in [0.29, 0.717) is 0 Å². The van der Waals surface area contributed by atoms with Gasteiger partial charge in [0.25, 0.3) is 0 Å². The Morgan fingerprint density at radius 2 is 1.31 bits per heavy atom. The minimum atomic E-state index is -5.78. The fourth-order valence-electron chi connectivity index (χ4n) is 0.781. The molecule has 10 heteroatoms. The van der Waals surface area contributed by atoms with Gasteiger partial charge >= 0.3 is 41.0 Å². The Balaban J connectivity index is 0. The van der Waals surface area contributed by atoms with Crippen molar-refractivity contribution in [2.45, 2.75) is 37.1 Å². The first-order valence-electron chi connectivity index (χ1n) is 3.86. The first kappa shape index (κ1) is 18.9. The van der Waals surface area contributed by atoms with E-state index in [2.05, 4.69) is 0 Å². The molecular weight excluding hydrogens is 270 g/mol. The van der Waals surface area contributed by atoms with Crippen LogP contribution in [0.4, 0.5) is 22.0 Å². The van der Waals surface area contributed by atoms with E-state index >= 15 is 0 Å². The van der Waals surface area contributed by atoms with Crippen molar-refractivity contribution in [2.75, 3.05) is 0 Å². The topological polar surface area (TPSA) is 57.2 Å². The van der Waals surface area contributed by atoms with Gasteiger partial charge in [-0.3, -0.25) is 0 Å². The SMILES string of the molecule is O=S(=O)([O-])C(F)(F)CCCCC(F)(F)F.[Na+]. The van der Waals surface area contributed by atoms with E-state index in [-0.39, 0.29) is 29.6 Å². The largest absolute Gasteiger partial charge is 1.00 e. The second-order valence-electron chi connectivity index (χ2n) is 2.91. The number of rotatable bonds is 5. The van der Waals surface area contributed by atoms with Crippen LogP contribution in [0.1, 0.15) is 25.7 Å². The van der Waals surface area contributed by atoms with Crippen molar-refractivity contribution in [3.8, 4) is 0 Å². The molecule has 0 saturated heterocycles. The minimum absolute atomic E-state index is 0. The average molecular weight is 278 g/mol. The third-order valence-corrected chi connectivity index (χ3v) is 2.48. The van der Waals surface area contributed by atoms with Gasteiger partial charge in [0, 0.05) is 12.8 Å². The summed E-state index contributed by atoms with van der Waals surface area (Å²) in [5.74, 6) is 0. The summed E-state index contributed by atoms with van der Waals surface area (Å²) in [5.41, 5.74) is 0. The van der Waals surface area contributed by atoms with Crippen molar-refractivity contribution in [1.29, 1.82) is 0 Å². The smallest absolute Gasteiger partial charge is 0.743 e. The summed E-state index contributed by atoms with van der Waals surface area (Å²) >= 11 is 0. The van der Waals surface area contributed by atoms with Crippen molar-refractivity contribution in [1.82, 2.24) is 0 Å². The molecule has 0 aromatic heterocycles. The van der Waals surface area contributed by atoms with Crippen molar-refractivity contribution in [3.63, 3.8) is 0 Å². The first-order chi connectivity index (χ1) is 6.46. The molecule has 0 unspecified atom stereocenters. The van der Waals surface area contributed by atoms with E-state index < -0.39 is 47.2 Å². The van der Waals surface area contributed by atoms with E-state index in [0.717, 1.165) is 0 Å². The fraction of sp³-hybridized carbons (Fsp3) is 1.00. The Morgan fingerprint density at radius 1 is 0.938 bits per heavy atom. The predicted octanol–water partition coefficient (Wildman–Crippen LogP) is -0.749. The molecule has 0 aliphatic heterocycles. The summed E-state index contributed by atoms with van der Waals surface area (Å²) in [5, 5.41) is -4.49. The Bertz CT molecular complexity index is 300. The summed E-state index contributed by atoms with van der Waals surface area (Å²) in [6.45, 7) is 0. The average Bonchev–Trinajstić information content (AvgIpc) is 1.94. The Hall–Kier alpha value is 0.560. The van der Waals surface area contributed by atoms with Crippen LogP contribution in [0.5, 0.6) is 0 Å². The molecule has 0 bridgehead atoms. The van der Waals surface area contributed by atoms with E-state index in [1.54, 1.807) is 0 Å². The molecule has 0 amide bonds. The maximum absolute atomic E-state index is 12.4. The minimum Gasteiger partial charge on any atom is -0.743 e. The summed E-state index contributed by atoms with van der Waals surface area (Å²) in [6.07, 6.45) is -8.43. The van der Waals surface area contributed by atoms with Crippen LogP contribution >= 0.6 is 0 Å².